The predicted octanol–water partition coefficient (Wildman–Crippen LogP) is 2.21. The molecule has 0 radical (unpaired) electrons. The van der Waals surface area contributed by atoms with Crippen LogP contribution in [0.3, 0.4) is 0 Å². The summed E-state index contributed by atoms with van der Waals surface area (Å²) < 4.78 is 20.7. The van der Waals surface area contributed by atoms with Crippen molar-refractivity contribution >= 4 is 27.5 Å². The first-order valence-corrected chi connectivity index (χ1v) is 6.84. The van der Waals surface area contributed by atoms with Crippen molar-refractivity contribution in [3.63, 3.8) is 0 Å². The van der Waals surface area contributed by atoms with Gasteiger partial charge < -0.3 is 9.64 Å². The van der Waals surface area contributed by atoms with Gasteiger partial charge >= 0.3 is 0 Å². The van der Waals surface area contributed by atoms with Crippen molar-refractivity contribution in [2.24, 2.45) is 0 Å². The monoisotopic (exact) mass is 339 g/mol. The molecule has 0 atom stereocenters. The van der Waals surface area contributed by atoms with Gasteiger partial charge in [0.1, 0.15) is 24.7 Å². The van der Waals surface area contributed by atoms with Gasteiger partial charge in [0.15, 0.2) is 0 Å². The molecule has 7 heteroatoms. The molecule has 1 aromatic heterocycles. The third-order valence-electron chi connectivity index (χ3n) is 3.02. The number of hydrogen-bond acceptors (Lipinski definition) is 3. The number of hydrogen-bond donors (Lipinski definition) is 0. The van der Waals surface area contributed by atoms with E-state index in [-0.39, 0.29) is 12.5 Å². The van der Waals surface area contributed by atoms with Crippen LogP contribution in [0.25, 0.3) is 0 Å². The van der Waals surface area contributed by atoms with E-state index in [4.69, 9.17) is 4.74 Å². The largest absolute Gasteiger partial charge is 0.489 e. The molecule has 0 unspecified atom stereocenters. The minimum Gasteiger partial charge on any atom is -0.489 e. The third kappa shape index (κ3) is 2.40. The summed E-state index contributed by atoms with van der Waals surface area (Å²) in [6.45, 7) is 0.922. The lowest BCUT2D eigenvalue weighted by molar-refractivity contribution is -0.119. The Kier molecular flexibility index (Phi) is 3.43. The van der Waals surface area contributed by atoms with Gasteiger partial charge in [0.25, 0.3) is 0 Å². The van der Waals surface area contributed by atoms with Crippen LogP contribution in [0.5, 0.6) is 5.75 Å². The number of anilines is 1. The number of halogens is 2. The van der Waals surface area contributed by atoms with Crippen molar-refractivity contribution in [1.82, 2.24) is 9.78 Å². The second kappa shape index (κ2) is 5.24. The molecular weight excluding hydrogens is 329 g/mol. The average Bonchev–Trinajstić information content (AvgIpc) is 2.92. The van der Waals surface area contributed by atoms with Gasteiger partial charge in [-0.1, -0.05) is 0 Å². The van der Waals surface area contributed by atoms with E-state index < -0.39 is 5.82 Å². The standard InChI is InChI=1S/C13H11BrFN3O2/c14-9-6-11-12(7-10(9)15)20-5-4-18(11)13(19)8-17-3-1-2-16-17/h1-3,6-7H,4-5,8H2. The molecule has 1 amide bonds. The second-order valence-electron chi connectivity index (χ2n) is 4.33. The maximum atomic E-state index is 13.5. The molecule has 0 spiro atoms. The number of fused-ring (bicyclic) bond motifs is 1. The van der Waals surface area contributed by atoms with Crippen molar-refractivity contribution in [3.05, 3.63) is 40.9 Å². The average molecular weight is 340 g/mol. The Labute approximate surface area is 123 Å². The van der Waals surface area contributed by atoms with E-state index in [2.05, 4.69) is 21.0 Å². The summed E-state index contributed by atoms with van der Waals surface area (Å²) >= 11 is 3.13. The summed E-state index contributed by atoms with van der Waals surface area (Å²) in [5.41, 5.74) is 0.571. The van der Waals surface area contributed by atoms with Crippen LogP contribution in [0, 0.1) is 5.82 Å². The Morgan fingerprint density at radius 2 is 2.35 bits per heavy atom. The summed E-state index contributed by atoms with van der Waals surface area (Å²) in [6.07, 6.45) is 3.34. The van der Waals surface area contributed by atoms with Crippen LogP contribution in [0.15, 0.2) is 35.1 Å². The molecule has 104 valence electrons. The zero-order valence-electron chi connectivity index (χ0n) is 10.4. The summed E-state index contributed by atoms with van der Waals surface area (Å²) in [4.78, 5) is 13.9. The molecule has 2 heterocycles. The molecule has 3 rings (SSSR count). The molecule has 0 fully saturated rings. The van der Waals surface area contributed by atoms with E-state index in [9.17, 15) is 9.18 Å². The highest BCUT2D eigenvalue weighted by molar-refractivity contribution is 9.10. The van der Waals surface area contributed by atoms with E-state index >= 15 is 0 Å². The van der Waals surface area contributed by atoms with Crippen LogP contribution in [0.4, 0.5) is 10.1 Å². The van der Waals surface area contributed by atoms with E-state index in [1.807, 2.05) is 0 Å². The number of rotatable bonds is 2. The molecule has 0 N–H and O–H groups in total. The lowest BCUT2D eigenvalue weighted by Crippen LogP contribution is -2.40. The fraction of sp³-hybridized carbons (Fsp3) is 0.231. The maximum absolute atomic E-state index is 13.5. The Morgan fingerprint density at radius 3 is 3.10 bits per heavy atom. The van der Waals surface area contributed by atoms with Crippen molar-refractivity contribution in [2.75, 3.05) is 18.1 Å². The first kappa shape index (κ1) is 13.1. The number of carbonyl (C=O) groups excluding carboxylic acids is 1. The summed E-state index contributed by atoms with van der Waals surface area (Å²) in [5, 5.41) is 4.01. The van der Waals surface area contributed by atoms with E-state index in [0.717, 1.165) is 0 Å². The number of nitrogens with zero attached hydrogens (tertiary/aromatic N) is 3. The second-order valence-corrected chi connectivity index (χ2v) is 5.19. The third-order valence-corrected chi connectivity index (χ3v) is 3.63. The molecular formula is C13H11BrFN3O2. The Bertz CT molecular complexity index is 645. The normalized spacial score (nSPS) is 13.8. The fourth-order valence-corrected chi connectivity index (χ4v) is 2.42. The molecule has 0 bridgehead atoms. The number of aromatic nitrogens is 2. The molecule has 1 aliphatic rings. The van der Waals surface area contributed by atoms with Crippen molar-refractivity contribution in [1.29, 1.82) is 0 Å². The minimum absolute atomic E-state index is 0.114. The highest BCUT2D eigenvalue weighted by Gasteiger charge is 2.25. The van der Waals surface area contributed by atoms with Gasteiger partial charge in [-0.05, 0) is 28.1 Å². The number of benzene rings is 1. The molecule has 0 saturated heterocycles. The number of amides is 1. The van der Waals surface area contributed by atoms with Gasteiger partial charge in [-0.15, -0.1) is 0 Å². The lowest BCUT2D eigenvalue weighted by atomic mass is 10.2. The topological polar surface area (TPSA) is 47.4 Å². The molecule has 0 saturated carbocycles. The zero-order chi connectivity index (χ0) is 14.1. The highest BCUT2D eigenvalue weighted by atomic mass is 79.9. The summed E-state index contributed by atoms with van der Waals surface area (Å²) in [7, 11) is 0. The predicted molar refractivity (Wildman–Crippen MR) is 74.2 cm³/mol. The van der Waals surface area contributed by atoms with Gasteiger partial charge in [-0.2, -0.15) is 5.10 Å². The zero-order valence-corrected chi connectivity index (χ0v) is 12.0. The van der Waals surface area contributed by atoms with E-state index in [1.54, 1.807) is 34.1 Å². The molecule has 1 aliphatic heterocycles. The van der Waals surface area contributed by atoms with Gasteiger partial charge in [-0.3, -0.25) is 9.48 Å². The number of carbonyl (C=O) groups is 1. The van der Waals surface area contributed by atoms with Crippen molar-refractivity contribution < 1.29 is 13.9 Å². The van der Waals surface area contributed by atoms with Crippen LogP contribution in [0.1, 0.15) is 0 Å². The Hall–Kier alpha value is -1.89. The summed E-state index contributed by atoms with van der Waals surface area (Å²) in [5.74, 6) is -0.146. The first-order chi connectivity index (χ1) is 9.65. The Balaban J connectivity index is 1.89. The maximum Gasteiger partial charge on any atom is 0.248 e. The van der Waals surface area contributed by atoms with Crippen molar-refractivity contribution in [2.45, 2.75) is 6.54 Å². The van der Waals surface area contributed by atoms with Gasteiger partial charge in [0.2, 0.25) is 5.91 Å². The highest BCUT2D eigenvalue weighted by Crippen LogP contribution is 2.36. The van der Waals surface area contributed by atoms with Crippen LogP contribution >= 0.6 is 15.9 Å². The molecule has 5 nitrogen and oxygen atoms in total. The fourth-order valence-electron chi connectivity index (χ4n) is 2.09. The SMILES string of the molecule is O=C(Cn1cccn1)N1CCOc2cc(F)c(Br)cc21. The molecule has 0 aliphatic carbocycles. The van der Waals surface area contributed by atoms with E-state index in [0.29, 0.717) is 29.1 Å². The van der Waals surface area contributed by atoms with Gasteiger partial charge in [-0.25, -0.2) is 4.39 Å². The lowest BCUT2D eigenvalue weighted by Gasteiger charge is -2.29. The summed E-state index contributed by atoms with van der Waals surface area (Å²) in [6, 6.07) is 4.60. The van der Waals surface area contributed by atoms with E-state index in [1.165, 1.54) is 6.07 Å². The molecule has 20 heavy (non-hydrogen) atoms. The molecule has 2 aromatic rings. The quantitative estimate of drug-likeness (QED) is 0.842. The first-order valence-electron chi connectivity index (χ1n) is 6.05. The number of ether oxygens (including phenoxy) is 1. The van der Waals surface area contributed by atoms with Crippen LogP contribution in [0.2, 0.25) is 0 Å². The smallest absolute Gasteiger partial charge is 0.248 e. The molecule has 1 aromatic carbocycles. The minimum atomic E-state index is -0.412. The Morgan fingerprint density at radius 1 is 1.50 bits per heavy atom. The van der Waals surface area contributed by atoms with Gasteiger partial charge in [0, 0.05) is 18.5 Å². The van der Waals surface area contributed by atoms with Crippen LogP contribution < -0.4 is 9.64 Å². The van der Waals surface area contributed by atoms with Crippen molar-refractivity contribution in [3.8, 4) is 5.75 Å². The van der Waals surface area contributed by atoms with Gasteiger partial charge in [0.05, 0.1) is 16.7 Å². The van der Waals surface area contributed by atoms with Crippen LogP contribution in [-0.2, 0) is 11.3 Å². The van der Waals surface area contributed by atoms with Crippen LogP contribution in [-0.4, -0.2) is 28.8 Å².